The summed E-state index contributed by atoms with van der Waals surface area (Å²) in [5, 5.41) is 20.6. The topological polar surface area (TPSA) is 73.7 Å². The number of rotatable bonds is 2. The van der Waals surface area contributed by atoms with Gasteiger partial charge in [0, 0.05) is 19.3 Å². The summed E-state index contributed by atoms with van der Waals surface area (Å²) in [7, 11) is 0. The van der Waals surface area contributed by atoms with E-state index >= 15 is 0 Å². The number of hydrogen-bond donors (Lipinski definition) is 2. The number of aliphatic hydroxyl groups excluding tert-OH is 1. The molecule has 1 aromatic rings. The Morgan fingerprint density at radius 2 is 2.37 bits per heavy atom. The van der Waals surface area contributed by atoms with E-state index in [1.54, 1.807) is 12.1 Å². The minimum atomic E-state index is -1.09. The third-order valence-electron chi connectivity index (χ3n) is 3.67. The predicted octanol–water partition coefficient (Wildman–Crippen LogP) is 1.08. The summed E-state index contributed by atoms with van der Waals surface area (Å²) in [6.07, 6.45) is 1.32. The Balaban J connectivity index is 2.08. The number of carbonyl (C=O) groups is 1. The fourth-order valence-corrected chi connectivity index (χ4v) is 2.34. The van der Waals surface area contributed by atoms with E-state index in [4.69, 9.17) is 11.6 Å². The van der Waals surface area contributed by atoms with Crippen molar-refractivity contribution in [2.45, 2.75) is 31.5 Å². The van der Waals surface area contributed by atoms with Crippen LogP contribution in [0.4, 0.5) is 0 Å². The zero-order chi connectivity index (χ0) is 14.0. The second kappa shape index (κ2) is 5.45. The Bertz CT molecular complexity index is 465. The first kappa shape index (κ1) is 14.2. The van der Waals surface area contributed by atoms with Gasteiger partial charge in [-0.2, -0.15) is 0 Å². The van der Waals surface area contributed by atoms with Gasteiger partial charge in [-0.05, 0) is 25.0 Å². The third kappa shape index (κ3) is 2.88. The molecule has 1 aromatic heterocycles. The molecular formula is C13H17ClN2O3. The highest BCUT2D eigenvalue weighted by atomic mass is 35.5. The van der Waals surface area contributed by atoms with Gasteiger partial charge in [-0.25, -0.2) is 4.98 Å². The molecule has 1 aliphatic rings. The monoisotopic (exact) mass is 284 g/mol. The molecule has 2 heterocycles. The van der Waals surface area contributed by atoms with Crippen LogP contribution in [0.1, 0.15) is 30.3 Å². The molecule has 2 N–H and O–H groups in total. The van der Waals surface area contributed by atoms with Crippen LogP contribution in [0.3, 0.4) is 0 Å². The number of β-amino-alcohol motifs (C(OH)–C–C–N with tert-alkyl or cyclic N) is 1. The van der Waals surface area contributed by atoms with E-state index in [2.05, 4.69) is 4.98 Å². The second-order valence-corrected chi connectivity index (χ2v) is 5.27. The van der Waals surface area contributed by atoms with Gasteiger partial charge >= 0.3 is 0 Å². The lowest BCUT2D eigenvalue weighted by Gasteiger charge is -2.41. The van der Waals surface area contributed by atoms with Crippen LogP contribution in [-0.4, -0.2) is 50.8 Å². The fourth-order valence-electron chi connectivity index (χ4n) is 2.23. The van der Waals surface area contributed by atoms with Crippen molar-refractivity contribution in [1.82, 2.24) is 9.88 Å². The van der Waals surface area contributed by atoms with Crippen LogP contribution in [0.2, 0.25) is 5.02 Å². The lowest BCUT2D eigenvalue weighted by Crippen LogP contribution is -2.56. The summed E-state index contributed by atoms with van der Waals surface area (Å²) in [4.78, 5) is 17.7. The minimum Gasteiger partial charge on any atom is -0.388 e. The van der Waals surface area contributed by atoms with Crippen LogP contribution in [0.25, 0.3) is 0 Å². The van der Waals surface area contributed by atoms with E-state index < -0.39 is 11.7 Å². The van der Waals surface area contributed by atoms with Crippen molar-refractivity contribution in [1.29, 1.82) is 0 Å². The number of nitrogens with zero attached hydrogens (tertiary/aromatic N) is 2. The molecule has 104 valence electrons. The molecule has 0 aliphatic carbocycles. The molecule has 1 aliphatic heterocycles. The molecule has 6 heteroatoms. The van der Waals surface area contributed by atoms with E-state index in [1.807, 2.05) is 6.92 Å². The summed E-state index contributed by atoms with van der Waals surface area (Å²) in [6, 6.07) is 3.15. The molecular weight excluding hydrogens is 268 g/mol. The molecule has 0 aromatic carbocycles. The summed E-state index contributed by atoms with van der Waals surface area (Å²) < 4.78 is 0. The number of pyridine rings is 1. The Hall–Kier alpha value is -1.17. The average molecular weight is 285 g/mol. The zero-order valence-corrected chi connectivity index (χ0v) is 11.5. The number of piperidine rings is 1. The van der Waals surface area contributed by atoms with E-state index in [0.29, 0.717) is 30.1 Å². The quantitative estimate of drug-likeness (QED) is 0.852. The molecule has 1 saturated heterocycles. The van der Waals surface area contributed by atoms with E-state index in [0.717, 1.165) is 0 Å². The molecule has 0 bridgehead atoms. The smallest absolute Gasteiger partial charge is 0.272 e. The SMILES string of the molecule is CC[C@@]1(O)CCN(C(=O)c2ccc(Cl)cn2)C[C@H]1O. The minimum absolute atomic E-state index is 0.119. The molecule has 2 atom stereocenters. The van der Waals surface area contributed by atoms with Crippen molar-refractivity contribution >= 4 is 17.5 Å². The molecule has 0 saturated carbocycles. The van der Waals surface area contributed by atoms with Crippen LogP contribution >= 0.6 is 11.6 Å². The van der Waals surface area contributed by atoms with Crippen LogP contribution < -0.4 is 0 Å². The lowest BCUT2D eigenvalue weighted by molar-refractivity contribution is -0.114. The van der Waals surface area contributed by atoms with Gasteiger partial charge in [-0.15, -0.1) is 0 Å². The molecule has 5 nitrogen and oxygen atoms in total. The van der Waals surface area contributed by atoms with Crippen molar-refractivity contribution in [3.63, 3.8) is 0 Å². The van der Waals surface area contributed by atoms with Crippen LogP contribution in [0.5, 0.6) is 0 Å². The lowest BCUT2D eigenvalue weighted by atomic mass is 9.86. The number of likely N-dealkylation sites (tertiary alicyclic amines) is 1. The van der Waals surface area contributed by atoms with Crippen LogP contribution in [0.15, 0.2) is 18.3 Å². The maximum Gasteiger partial charge on any atom is 0.272 e. The van der Waals surface area contributed by atoms with Crippen molar-refractivity contribution in [3.05, 3.63) is 29.0 Å². The summed E-state index contributed by atoms with van der Waals surface area (Å²) in [5.41, 5.74) is -0.803. The van der Waals surface area contributed by atoms with E-state index in [-0.39, 0.29) is 12.5 Å². The maximum atomic E-state index is 12.2. The summed E-state index contributed by atoms with van der Waals surface area (Å²) in [5.74, 6) is -0.256. The van der Waals surface area contributed by atoms with Gasteiger partial charge in [-0.1, -0.05) is 18.5 Å². The number of halogens is 1. The first-order valence-electron chi connectivity index (χ1n) is 6.27. The highest BCUT2D eigenvalue weighted by Gasteiger charge is 2.40. The van der Waals surface area contributed by atoms with Gasteiger partial charge in [0.25, 0.3) is 5.91 Å². The van der Waals surface area contributed by atoms with Gasteiger partial charge in [0.1, 0.15) is 11.8 Å². The highest BCUT2D eigenvalue weighted by Crippen LogP contribution is 2.26. The number of aromatic nitrogens is 1. The van der Waals surface area contributed by atoms with Crippen molar-refractivity contribution < 1.29 is 15.0 Å². The number of hydrogen-bond acceptors (Lipinski definition) is 4. The van der Waals surface area contributed by atoms with Gasteiger partial charge in [0.2, 0.25) is 0 Å². The van der Waals surface area contributed by atoms with Gasteiger partial charge in [-0.3, -0.25) is 4.79 Å². The van der Waals surface area contributed by atoms with Gasteiger partial charge in [0.05, 0.1) is 10.6 Å². The molecule has 0 spiro atoms. The third-order valence-corrected chi connectivity index (χ3v) is 3.90. The van der Waals surface area contributed by atoms with Gasteiger partial charge < -0.3 is 15.1 Å². The summed E-state index contributed by atoms with van der Waals surface area (Å²) in [6.45, 7) is 2.35. The van der Waals surface area contributed by atoms with Crippen molar-refractivity contribution in [3.8, 4) is 0 Å². The number of aliphatic hydroxyl groups is 2. The maximum absolute atomic E-state index is 12.2. The zero-order valence-electron chi connectivity index (χ0n) is 10.7. The molecule has 0 radical (unpaired) electrons. The van der Waals surface area contributed by atoms with E-state index in [9.17, 15) is 15.0 Å². The first-order valence-corrected chi connectivity index (χ1v) is 6.65. The highest BCUT2D eigenvalue weighted by molar-refractivity contribution is 6.30. The number of amides is 1. The molecule has 19 heavy (non-hydrogen) atoms. The fraction of sp³-hybridized carbons (Fsp3) is 0.538. The Morgan fingerprint density at radius 1 is 1.63 bits per heavy atom. The standard InChI is InChI=1S/C13H17ClN2O3/c1-2-13(19)5-6-16(8-11(13)17)12(18)10-4-3-9(14)7-15-10/h3-4,7,11,17,19H,2,5-6,8H2,1H3/t11-,13-/m1/s1. The Labute approximate surface area is 116 Å². The Morgan fingerprint density at radius 3 is 2.89 bits per heavy atom. The predicted molar refractivity (Wildman–Crippen MR) is 71.0 cm³/mol. The number of carbonyl (C=O) groups excluding carboxylic acids is 1. The van der Waals surface area contributed by atoms with Crippen LogP contribution in [-0.2, 0) is 0 Å². The normalized spacial score (nSPS) is 27.4. The van der Waals surface area contributed by atoms with Gasteiger partial charge in [0.15, 0.2) is 0 Å². The second-order valence-electron chi connectivity index (χ2n) is 4.84. The largest absolute Gasteiger partial charge is 0.388 e. The Kier molecular flexibility index (Phi) is 4.08. The van der Waals surface area contributed by atoms with Crippen molar-refractivity contribution in [2.75, 3.05) is 13.1 Å². The molecule has 2 rings (SSSR count). The van der Waals surface area contributed by atoms with Crippen LogP contribution in [0, 0.1) is 0 Å². The average Bonchev–Trinajstić information content (AvgIpc) is 2.42. The summed E-state index contributed by atoms with van der Waals surface area (Å²) >= 11 is 5.72. The molecule has 0 unspecified atom stereocenters. The van der Waals surface area contributed by atoms with Crippen molar-refractivity contribution in [2.24, 2.45) is 0 Å². The van der Waals surface area contributed by atoms with E-state index in [1.165, 1.54) is 11.1 Å². The first-order chi connectivity index (χ1) is 8.96. The molecule has 1 amide bonds. The molecule has 1 fully saturated rings.